The van der Waals surface area contributed by atoms with E-state index in [0.717, 1.165) is 16.8 Å². The molecular weight excluding hydrogens is 373 g/mol. The van der Waals surface area contributed by atoms with Crippen LogP contribution in [0.25, 0.3) is 0 Å². The van der Waals surface area contributed by atoms with Gasteiger partial charge in [-0.1, -0.05) is 20.8 Å². The molecule has 27 heavy (non-hydrogen) atoms. The molecule has 1 aliphatic heterocycles. The molecule has 0 radical (unpaired) electrons. The zero-order chi connectivity index (χ0) is 19.8. The molecule has 1 aliphatic rings. The van der Waals surface area contributed by atoms with Crippen LogP contribution in [0.1, 0.15) is 37.6 Å². The molecule has 0 saturated carbocycles. The van der Waals surface area contributed by atoms with Crippen molar-refractivity contribution in [1.82, 2.24) is 4.98 Å². The number of halogens is 1. The summed E-state index contributed by atoms with van der Waals surface area (Å²) < 4.78 is 24.8. The minimum atomic E-state index is -0.757. The van der Waals surface area contributed by atoms with Gasteiger partial charge in [0.05, 0.1) is 36.9 Å². The molecule has 9 heteroatoms. The highest BCUT2D eigenvalue weighted by atomic mass is 32.1. The first-order valence-corrected chi connectivity index (χ1v) is 9.43. The molecule has 2 heterocycles. The summed E-state index contributed by atoms with van der Waals surface area (Å²) in [5, 5.41) is 14.3. The van der Waals surface area contributed by atoms with Crippen molar-refractivity contribution in [3.63, 3.8) is 0 Å². The summed E-state index contributed by atoms with van der Waals surface area (Å²) in [4.78, 5) is 17.3. The second-order valence-electron chi connectivity index (χ2n) is 7.36. The number of aromatic nitrogens is 1. The molecule has 1 atom stereocenters. The minimum Gasteiger partial charge on any atom is -0.494 e. The minimum absolute atomic E-state index is 0.0251. The average molecular weight is 395 g/mol. The molecule has 0 spiro atoms. The Hall–Kier alpha value is -2.26. The molecule has 3 rings (SSSR count). The maximum absolute atomic E-state index is 13.9. The number of hydrogen-bond donors (Lipinski definition) is 0. The first kappa shape index (κ1) is 19.5. The van der Waals surface area contributed by atoms with Crippen LogP contribution in [0.3, 0.4) is 0 Å². The summed E-state index contributed by atoms with van der Waals surface area (Å²) in [7, 11) is 1.33. The van der Waals surface area contributed by atoms with Crippen LogP contribution in [0.5, 0.6) is 5.75 Å². The van der Waals surface area contributed by atoms with E-state index in [2.05, 4.69) is 25.8 Å². The highest BCUT2D eigenvalue weighted by Gasteiger charge is 2.31. The number of nitro benzene ring substituents is 1. The Labute approximate surface area is 160 Å². The molecule has 1 aromatic heterocycles. The van der Waals surface area contributed by atoms with Gasteiger partial charge in [0.25, 0.3) is 5.69 Å². The topological polar surface area (TPSA) is 77.7 Å². The molecule has 0 amide bonds. The first-order chi connectivity index (χ1) is 12.7. The summed E-state index contributed by atoms with van der Waals surface area (Å²) in [6.07, 6.45) is -0.296. The summed E-state index contributed by atoms with van der Waals surface area (Å²) in [6.45, 7) is 7.53. The molecule has 1 saturated heterocycles. The van der Waals surface area contributed by atoms with Gasteiger partial charge in [-0.25, -0.2) is 9.37 Å². The Balaban J connectivity index is 1.90. The van der Waals surface area contributed by atoms with Gasteiger partial charge < -0.3 is 14.4 Å². The van der Waals surface area contributed by atoms with Gasteiger partial charge in [0.2, 0.25) is 0 Å². The van der Waals surface area contributed by atoms with E-state index in [1.54, 1.807) is 0 Å². The van der Waals surface area contributed by atoms with E-state index in [-0.39, 0.29) is 23.0 Å². The molecule has 1 unspecified atom stereocenters. The lowest BCUT2D eigenvalue weighted by Crippen LogP contribution is -2.38. The summed E-state index contributed by atoms with van der Waals surface area (Å²) >= 11 is 1.52. The zero-order valence-electron chi connectivity index (χ0n) is 15.7. The van der Waals surface area contributed by atoms with Crippen molar-refractivity contribution in [3.05, 3.63) is 44.1 Å². The van der Waals surface area contributed by atoms with E-state index in [4.69, 9.17) is 9.47 Å². The van der Waals surface area contributed by atoms with Crippen LogP contribution in [0, 0.1) is 15.9 Å². The van der Waals surface area contributed by atoms with Crippen molar-refractivity contribution in [2.45, 2.75) is 32.3 Å². The lowest BCUT2D eigenvalue weighted by atomic mass is 9.93. The third kappa shape index (κ3) is 4.03. The first-order valence-electron chi connectivity index (χ1n) is 8.55. The number of rotatable bonds is 4. The maximum Gasteiger partial charge on any atom is 0.295 e. The van der Waals surface area contributed by atoms with Gasteiger partial charge >= 0.3 is 0 Å². The van der Waals surface area contributed by atoms with Crippen molar-refractivity contribution in [3.8, 4) is 5.75 Å². The van der Waals surface area contributed by atoms with Crippen molar-refractivity contribution >= 4 is 22.7 Å². The Morgan fingerprint density at radius 2 is 2.19 bits per heavy atom. The fourth-order valence-corrected chi connectivity index (χ4v) is 3.97. The van der Waals surface area contributed by atoms with E-state index in [1.165, 1.54) is 24.5 Å². The molecule has 1 aromatic carbocycles. The van der Waals surface area contributed by atoms with Crippen LogP contribution < -0.4 is 9.64 Å². The Kier molecular flexibility index (Phi) is 5.34. The highest BCUT2D eigenvalue weighted by molar-refractivity contribution is 7.09. The fraction of sp³-hybridized carbons (Fsp3) is 0.500. The smallest absolute Gasteiger partial charge is 0.295 e. The SMILES string of the molecule is COc1cc(N2CCOC(c3nc(C(C)(C)C)cs3)C2)c([N+](=O)[O-])cc1F. The van der Waals surface area contributed by atoms with Gasteiger partial charge in [-0.15, -0.1) is 11.3 Å². The monoisotopic (exact) mass is 395 g/mol. The molecule has 2 aromatic rings. The predicted octanol–water partition coefficient (Wildman–Crippen LogP) is 4.07. The van der Waals surface area contributed by atoms with Crippen molar-refractivity contribution in [1.29, 1.82) is 0 Å². The van der Waals surface area contributed by atoms with Gasteiger partial charge in [-0.2, -0.15) is 0 Å². The van der Waals surface area contributed by atoms with E-state index < -0.39 is 10.7 Å². The summed E-state index contributed by atoms with van der Waals surface area (Å²) in [6, 6.07) is 2.28. The van der Waals surface area contributed by atoms with Gasteiger partial charge in [0.1, 0.15) is 16.8 Å². The fourth-order valence-electron chi connectivity index (χ4n) is 2.89. The number of nitrogens with zero attached hydrogens (tertiary/aromatic N) is 3. The van der Waals surface area contributed by atoms with Gasteiger partial charge in [0.15, 0.2) is 11.6 Å². The second-order valence-corrected chi connectivity index (χ2v) is 8.25. The summed E-state index contributed by atoms with van der Waals surface area (Å²) in [5.74, 6) is -0.782. The number of hydrogen-bond acceptors (Lipinski definition) is 7. The van der Waals surface area contributed by atoms with E-state index in [1.807, 2.05) is 10.3 Å². The molecule has 0 bridgehead atoms. The molecule has 146 valence electrons. The van der Waals surface area contributed by atoms with Crippen LogP contribution in [0.15, 0.2) is 17.5 Å². The third-order valence-electron chi connectivity index (χ3n) is 4.42. The Morgan fingerprint density at radius 3 is 2.78 bits per heavy atom. The van der Waals surface area contributed by atoms with Crippen LogP contribution in [0.2, 0.25) is 0 Å². The number of benzene rings is 1. The molecule has 0 N–H and O–H groups in total. The molecular formula is C18H22FN3O4S. The number of methoxy groups -OCH3 is 1. The summed E-state index contributed by atoms with van der Waals surface area (Å²) in [5.41, 5.74) is 0.951. The van der Waals surface area contributed by atoms with E-state index in [0.29, 0.717) is 25.4 Å². The van der Waals surface area contributed by atoms with E-state index >= 15 is 0 Å². The third-order valence-corrected chi connectivity index (χ3v) is 5.36. The molecule has 7 nitrogen and oxygen atoms in total. The maximum atomic E-state index is 13.9. The zero-order valence-corrected chi connectivity index (χ0v) is 16.5. The highest BCUT2D eigenvalue weighted by Crippen LogP contribution is 2.37. The van der Waals surface area contributed by atoms with Gasteiger partial charge in [-0.3, -0.25) is 10.1 Å². The number of morpholine rings is 1. The lowest BCUT2D eigenvalue weighted by molar-refractivity contribution is -0.384. The van der Waals surface area contributed by atoms with Crippen LogP contribution in [-0.4, -0.2) is 36.7 Å². The van der Waals surface area contributed by atoms with Crippen molar-refractivity contribution in [2.75, 3.05) is 31.7 Å². The van der Waals surface area contributed by atoms with Crippen molar-refractivity contribution in [2.24, 2.45) is 0 Å². The Bertz CT molecular complexity index is 850. The average Bonchev–Trinajstić information content (AvgIpc) is 3.12. The largest absolute Gasteiger partial charge is 0.494 e. The lowest BCUT2D eigenvalue weighted by Gasteiger charge is -2.33. The number of nitro groups is 1. The standard InChI is InChI=1S/C18H22FN3O4S/c1-18(2,3)16-10-27-17(20-16)15-9-21(5-6-26-15)12-8-14(25-4)11(19)7-13(12)22(23)24/h7-8,10,15H,5-6,9H2,1-4H3. The quantitative estimate of drug-likeness (QED) is 0.574. The van der Waals surface area contributed by atoms with Gasteiger partial charge in [0, 0.05) is 23.4 Å². The second kappa shape index (κ2) is 7.40. The normalized spacial score (nSPS) is 17.8. The molecule has 1 fully saturated rings. The van der Waals surface area contributed by atoms with Gasteiger partial charge in [-0.05, 0) is 0 Å². The van der Waals surface area contributed by atoms with E-state index in [9.17, 15) is 14.5 Å². The van der Waals surface area contributed by atoms with Crippen LogP contribution >= 0.6 is 11.3 Å². The number of thiazole rings is 1. The number of anilines is 1. The Morgan fingerprint density at radius 1 is 1.44 bits per heavy atom. The predicted molar refractivity (Wildman–Crippen MR) is 101 cm³/mol. The van der Waals surface area contributed by atoms with Crippen LogP contribution in [0.4, 0.5) is 15.8 Å². The molecule has 0 aliphatic carbocycles. The number of ether oxygens (including phenoxy) is 2. The van der Waals surface area contributed by atoms with Crippen molar-refractivity contribution < 1.29 is 18.8 Å². The van der Waals surface area contributed by atoms with Crippen LogP contribution in [-0.2, 0) is 10.2 Å².